The van der Waals surface area contributed by atoms with Gasteiger partial charge in [-0.1, -0.05) is 48.5 Å². The van der Waals surface area contributed by atoms with Gasteiger partial charge in [0.25, 0.3) is 5.91 Å². The van der Waals surface area contributed by atoms with Crippen LogP contribution in [0.25, 0.3) is 11.1 Å². The van der Waals surface area contributed by atoms with Crippen LogP contribution in [-0.2, 0) is 16.1 Å². The largest absolute Gasteiger partial charge is 0.481 e. The lowest BCUT2D eigenvalue weighted by Crippen LogP contribution is -2.32. The van der Waals surface area contributed by atoms with Crippen LogP contribution in [0.2, 0.25) is 0 Å². The quantitative estimate of drug-likeness (QED) is 0.405. The number of alkyl carbamates (subject to hydrolysis) is 1. The summed E-state index contributed by atoms with van der Waals surface area (Å²) in [6.07, 6.45) is -0.221. The molecule has 1 aliphatic rings. The molecule has 182 valence electrons. The molecule has 1 unspecified atom stereocenters. The van der Waals surface area contributed by atoms with Crippen molar-refractivity contribution in [3.8, 4) is 11.1 Å². The zero-order chi connectivity index (χ0) is 24.9. The molecule has 3 N–H and O–H groups in total. The highest BCUT2D eigenvalue weighted by molar-refractivity contribution is 7.13. The molecule has 1 heterocycles. The van der Waals surface area contributed by atoms with Crippen LogP contribution < -0.4 is 10.6 Å². The average molecular weight is 494 g/mol. The zero-order valence-electron chi connectivity index (χ0n) is 19.5. The van der Waals surface area contributed by atoms with E-state index >= 15 is 0 Å². The van der Waals surface area contributed by atoms with Gasteiger partial charge in [-0.15, -0.1) is 11.3 Å². The molecule has 3 aromatic rings. The molecule has 0 spiro atoms. The molecule has 9 heteroatoms. The maximum Gasteiger partial charge on any atom is 0.407 e. The number of hydrogen-bond donors (Lipinski definition) is 3. The van der Waals surface area contributed by atoms with Crippen LogP contribution in [-0.4, -0.2) is 40.7 Å². The van der Waals surface area contributed by atoms with E-state index in [-0.39, 0.29) is 37.4 Å². The first-order valence-corrected chi connectivity index (χ1v) is 12.2. The van der Waals surface area contributed by atoms with E-state index in [2.05, 4.69) is 39.9 Å². The number of carbonyl (C=O) groups is 3. The van der Waals surface area contributed by atoms with Gasteiger partial charge in [-0.3, -0.25) is 9.59 Å². The van der Waals surface area contributed by atoms with Crippen LogP contribution in [0, 0.1) is 6.92 Å². The maximum absolute atomic E-state index is 12.5. The van der Waals surface area contributed by atoms with E-state index in [1.807, 2.05) is 24.3 Å². The number of hydrogen-bond acceptors (Lipinski definition) is 6. The van der Waals surface area contributed by atoms with Gasteiger partial charge in [0, 0.05) is 18.4 Å². The topological polar surface area (TPSA) is 118 Å². The summed E-state index contributed by atoms with van der Waals surface area (Å²) >= 11 is 1.19. The lowest BCUT2D eigenvalue weighted by Gasteiger charge is -2.14. The molecule has 1 aliphatic carbocycles. The van der Waals surface area contributed by atoms with Gasteiger partial charge in [-0.25, -0.2) is 9.78 Å². The van der Waals surface area contributed by atoms with Crippen molar-refractivity contribution in [1.29, 1.82) is 0 Å². The van der Waals surface area contributed by atoms with E-state index < -0.39 is 12.1 Å². The summed E-state index contributed by atoms with van der Waals surface area (Å²) in [4.78, 5) is 40.5. The number of nitrogens with zero attached hydrogens (tertiary/aromatic N) is 1. The van der Waals surface area contributed by atoms with Gasteiger partial charge in [-0.2, -0.15) is 0 Å². The number of benzene rings is 2. The van der Waals surface area contributed by atoms with Crippen LogP contribution >= 0.6 is 11.3 Å². The number of thiazole rings is 1. The van der Waals surface area contributed by atoms with Crippen LogP contribution in [0.15, 0.2) is 48.5 Å². The van der Waals surface area contributed by atoms with Gasteiger partial charge < -0.3 is 20.5 Å². The second-order valence-corrected chi connectivity index (χ2v) is 9.59. The van der Waals surface area contributed by atoms with Crippen molar-refractivity contribution >= 4 is 29.3 Å². The summed E-state index contributed by atoms with van der Waals surface area (Å²) in [5, 5.41) is 14.9. The van der Waals surface area contributed by atoms with Crippen molar-refractivity contribution in [2.45, 2.75) is 45.2 Å². The number of fused-ring (bicyclic) bond motifs is 3. The average Bonchev–Trinajstić information content (AvgIpc) is 3.37. The Morgan fingerprint density at radius 3 is 2.34 bits per heavy atom. The molecule has 2 amide bonds. The minimum Gasteiger partial charge on any atom is -0.481 e. The van der Waals surface area contributed by atoms with Crippen molar-refractivity contribution < 1.29 is 24.2 Å². The fraction of sp³-hybridized carbons (Fsp3) is 0.308. The van der Waals surface area contributed by atoms with Gasteiger partial charge in [-0.05, 0) is 42.5 Å². The molecular weight excluding hydrogens is 466 g/mol. The lowest BCUT2D eigenvalue weighted by molar-refractivity contribution is -0.137. The molecular formula is C26H27N3O5S. The van der Waals surface area contributed by atoms with Crippen LogP contribution in [0.4, 0.5) is 4.79 Å². The molecule has 2 aromatic carbocycles. The molecule has 1 aromatic heterocycles. The summed E-state index contributed by atoms with van der Waals surface area (Å²) in [6.45, 7) is 3.85. The van der Waals surface area contributed by atoms with Gasteiger partial charge in [0.2, 0.25) is 0 Å². The first-order valence-electron chi connectivity index (χ1n) is 11.4. The molecule has 8 nitrogen and oxygen atoms in total. The Kier molecular flexibility index (Phi) is 7.45. The molecule has 0 aliphatic heterocycles. The lowest BCUT2D eigenvalue weighted by atomic mass is 9.98. The Morgan fingerprint density at radius 1 is 1.09 bits per heavy atom. The van der Waals surface area contributed by atoms with Crippen LogP contribution in [0.1, 0.15) is 57.2 Å². The number of rotatable bonds is 9. The minimum absolute atomic E-state index is 0.0154. The monoisotopic (exact) mass is 493 g/mol. The molecule has 1 atom stereocenters. The molecule has 4 rings (SSSR count). The Bertz CT molecular complexity index is 1210. The fourth-order valence-corrected chi connectivity index (χ4v) is 5.14. The number of ether oxygens (including phenoxy) is 1. The third kappa shape index (κ3) is 5.68. The Balaban J connectivity index is 1.31. The third-order valence-corrected chi connectivity index (χ3v) is 7.10. The molecule has 0 bridgehead atoms. The number of aromatic nitrogens is 1. The standard InChI is InChI=1S/C26H27N3O5S/c1-15(11-12-23(30)31)28-25(32)24-16(2)29-22(35-24)13-27-26(33)34-14-21-19-9-5-3-7-17(19)18-8-4-6-10-20(18)21/h3-10,15,21H,11-14H2,1-2H3,(H,27,33)(H,28,32)(H,30,31). The Morgan fingerprint density at radius 2 is 1.71 bits per heavy atom. The summed E-state index contributed by atoms with van der Waals surface area (Å²) in [7, 11) is 0. The van der Waals surface area contributed by atoms with E-state index in [4.69, 9.17) is 9.84 Å². The highest BCUT2D eigenvalue weighted by Crippen LogP contribution is 2.44. The van der Waals surface area contributed by atoms with Crippen molar-refractivity contribution in [1.82, 2.24) is 15.6 Å². The third-order valence-electron chi connectivity index (χ3n) is 5.94. The van der Waals surface area contributed by atoms with E-state index in [1.165, 1.54) is 22.5 Å². The van der Waals surface area contributed by atoms with Crippen molar-refractivity contribution in [3.63, 3.8) is 0 Å². The number of carbonyl (C=O) groups excluding carboxylic acids is 2. The van der Waals surface area contributed by atoms with Gasteiger partial charge >= 0.3 is 12.1 Å². The zero-order valence-corrected chi connectivity index (χ0v) is 20.4. The number of nitrogens with one attached hydrogen (secondary N) is 2. The number of aryl methyl sites for hydroxylation is 1. The summed E-state index contributed by atoms with van der Waals surface area (Å²) in [6, 6.07) is 16.0. The predicted octanol–water partition coefficient (Wildman–Crippen LogP) is 4.47. The summed E-state index contributed by atoms with van der Waals surface area (Å²) in [5.74, 6) is -1.22. The number of carboxylic acids is 1. The summed E-state index contributed by atoms with van der Waals surface area (Å²) < 4.78 is 5.54. The molecule has 0 saturated carbocycles. The highest BCUT2D eigenvalue weighted by Gasteiger charge is 2.29. The molecule has 0 radical (unpaired) electrons. The van der Waals surface area contributed by atoms with E-state index in [1.54, 1.807) is 13.8 Å². The van der Waals surface area contributed by atoms with E-state index in [0.29, 0.717) is 22.0 Å². The predicted molar refractivity (Wildman–Crippen MR) is 133 cm³/mol. The van der Waals surface area contributed by atoms with Gasteiger partial charge in [0.1, 0.15) is 16.5 Å². The van der Waals surface area contributed by atoms with E-state index in [0.717, 1.165) is 11.1 Å². The SMILES string of the molecule is Cc1nc(CNC(=O)OCC2c3ccccc3-c3ccccc32)sc1C(=O)NC(C)CCC(=O)O. The smallest absolute Gasteiger partial charge is 0.407 e. The van der Waals surface area contributed by atoms with Crippen LogP contribution in [0.3, 0.4) is 0 Å². The Hall–Kier alpha value is -3.72. The second-order valence-electron chi connectivity index (χ2n) is 8.51. The van der Waals surface area contributed by atoms with Crippen molar-refractivity contribution in [3.05, 3.63) is 75.2 Å². The van der Waals surface area contributed by atoms with E-state index in [9.17, 15) is 14.4 Å². The van der Waals surface area contributed by atoms with Crippen molar-refractivity contribution in [2.24, 2.45) is 0 Å². The number of amides is 2. The minimum atomic E-state index is -0.901. The summed E-state index contributed by atoms with van der Waals surface area (Å²) in [5.41, 5.74) is 5.18. The fourth-order valence-electron chi connectivity index (χ4n) is 4.24. The number of carboxylic acid groups (broad SMARTS) is 1. The maximum atomic E-state index is 12.5. The van der Waals surface area contributed by atoms with Gasteiger partial charge in [0.15, 0.2) is 0 Å². The number of aliphatic carboxylic acids is 1. The van der Waals surface area contributed by atoms with Crippen LogP contribution in [0.5, 0.6) is 0 Å². The second kappa shape index (κ2) is 10.7. The normalized spacial score (nSPS) is 13.0. The highest BCUT2D eigenvalue weighted by atomic mass is 32.1. The molecule has 0 saturated heterocycles. The Labute approximate surface area is 207 Å². The van der Waals surface area contributed by atoms with Gasteiger partial charge in [0.05, 0.1) is 12.2 Å². The first-order chi connectivity index (χ1) is 16.8. The van der Waals surface area contributed by atoms with Crippen molar-refractivity contribution in [2.75, 3.05) is 6.61 Å². The first kappa shape index (κ1) is 24.4. The molecule has 35 heavy (non-hydrogen) atoms. The molecule has 0 fully saturated rings.